The highest BCUT2D eigenvalue weighted by molar-refractivity contribution is 5.79. The molecule has 5 nitrogen and oxygen atoms in total. The zero-order valence-electron chi connectivity index (χ0n) is 14.7. The van der Waals surface area contributed by atoms with Crippen molar-refractivity contribution in [3.63, 3.8) is 0 Å². The Labute approximate surface area is 147 Å². The van der Waals surface area contributed by atoms with Gasteiger partial charge in [0.1, 0.15) is 11.6 Å². The molecule has 1 aromatic rings. The largest absolute Gasteiger partial charge is 0.381 e. The molecule has 2 N–H and O–H groups in total. The lowest BCUT2D eigenvalue weighted by Crippen LogP contribution is -2.39. The molecule has 1 aliphatic heterocycles. The van der Waals surface area contributed by atoms with Crippen LogP contribution in [0.25, 0.3) is 0 Å². The molecular weight excluding hydrogens is 328 g/mol. The molecule has 1 saturated heterocycles. The number of halogens is 2. The maximum atomic E-state index is 13.1. The van der Waals surface area contributed by atoms with Crippen LogP contribution in [0.1, 0.15) is 18.4 Å². The van der Waals surface area contributed by atoms with Gasteiger partial charge in [0.05, 0.1) is 13.2 Å². The quantitative estimate of drug-likeness (QED) is 0.405. The average molecular weight is 355 g/mol. The summed E-state index contributed by atoms with van der Waals surface area (Å²) in [6, 6.07) is 3.56. The van der Waals surface area contributed by atoms with E-state index in [-0.39, 0.29) is 0 Å². The lowest BCUT2D eigenvalue weighted by atomic mass is 10.1. The van der Waals surface area contributed by atoms with E-state index < -0.39 is 11.6 Å². The van der Waals surface area contributed by atoms with E-state index in [2.05, 4.69) is 15.6 Å². The molecular formula is C18H27F2N3O2. The molecule has 0 bridgehead atoms. The monoisotopic (exact) mass is 355 g/mol. The molecule has 25 heavy (non-hydrogen) atoms. The number of guanidine groups is 1. The number of hydrogen-bond acceptors (Lipinski definition) is 3. The van der Waals surface area contributed by atoms with Crippen LogP contribution in [0.5, 0.6) is 0 Å². The van der Waals surface area contributed by atoms with Crippen molar-refractivity contribution in [2.24, 2.45) is 10.9 Å². The molecule has 0 saturated carbocycles. The van der Waals surface area contributed by atoms with Crippen LogP contribution < -0.4 is 10.6 Å². The van der Waals surface area contributed by atoms with E-state index in [1.165, 1.54) is 12.1 Å². The normalized spacial score (nSPS) is 17.7. The predicted molar refractivity (Wildman–Crippen MR) is 93.8 cm³/mol. The van der Waals surface area contributed by atoms with E-state index in [1.807, 2.05) is 0 Å². The summed E-state index contributed by atoms with van der Waals surface area (Å²) in [5.41, 5.74) is 0.616. The Hall–Kier alpha value is -1.73. The van der Waals surface area contributed by atoms with E-state index in [1.54, 1.807) is 7.05 Å². The van der Waals surface area contributed by atoms with Gasteiger partial charge in [0, 0.05) is 45.3 Å². The summed E-state index contributed by atoms with van der Waals surface area (Å²) < 4.78 is 37.2. The van der Waals surface area contributed by atoms with Crippen LogP contribution in [-0.2, 0) is 15.9 Å². The van der Waals surface area contributed by atoms with Crippen LogP contribution in [0.3, 0.4) is 0 Å². The zero-order chi connectivity index (χ0) is 17.9. The van der Waals surface area contributed by atoms with E-state index >= 15 is 0 Å². The third-order valence-electron chi connectivity index (χ3n) is 3.99. The summed E-state index contributed by atoms with van der Waals surface area (Å²) in [5.74, 6) is 0.0967. The molecule has 2 rings (SSSR count). The van der Waals surface area contributed by atoms with Gasteiger partial charge in [0.25, 0.3) is 0 Å². The van der Waals surface area contributed by atoms with Gasteiger partial charge in [-0.05, 0) is 37.0 Å². The van der Waals surface area contributed by atoms with E-state index in [9.17, 15) is 8.78 Å². The summed E-state index contributed by atoms with van der Waals surface area (Å²) in [6.45, 7) is 4.40. The molecule has 1 heterocycles. The lowest BCUT2D eigenvalue weighted by Gasteiger charge is -2.13. The van der Waals surface area contributed by atoms with Gasteiger partial charge in [-0.15, -0.1) is 0 Å². The fourth-order valence-corrected chi connectivity index (χ4v) is 2.65. The molecule has 1 aliphatic rings. The Morgan fingerprint density at radius 2 is 2.00 bits per heavy atom. The topological polar surface area (TPSA) is 54.9 Å². The van der Waals surface area contributed by atoms with Crippen LogP contribution in [-0.4, -0.2) is 52.5 Å². The van der Waals surface area contributed by atoms with Crippen molar-refractivity contribution in [2.75, 3.05) is 46.6 Å². The minimum absolute atomic E-state index is 0.516. The lowest BCUT2D eigenvalue weighted by molar-refractivity contribution is 0.0888. The highest BCUT2D eigenvalue weighted by atomic mass is 19.1. The fourth-order valence-electron chi connectivity index (χ4n) is 2.65. The summed E-state index contributed by atoms with van der Waals surface area (Å²) >= 11 is 0. The number of ether oxygens (including phenoxy) is 2. The molecule has 1 fully saturated rings. The van der Waals surface area contributed by atoms with Gasteiger partial charge in [0.15, 0.2) is 5.96 Å². The Bertz CT molecular complexity index is 529. The SMILES string of the molecule is CN=C(NCCCOCC1CCOC1)NCCc1cc(F)cc(F)c1. The summed E-state index contributed by atoms with van der Waals surface area (Å²) in [6.07, 6.45) is 2.48. The van der Waals surface area contributed by atoms with Crippen molar-refractivity contribution in [2.45, 2.75) is 19.3 Å². The standard InChI is InChI=1S/C18H27F2N3O2/c1-21-18(22-5-2-7-24-12-15-4-8-25-13-15)23-6-3-14-9-16(19)11-17(20)10-14/h9-11,15H,2-8,12-13H2,1H3,(H2,21,22,23). The van der Waals surface area contributed by atoms with Crippen molar-refractivity contribution < 1.29 is 18.3 Å². The molecule has 140 valence electrons. The third-order valence-corrected chi connectivity index (χ3v) is 3.99. The van der Waals surface area contributed by atoms with E-state index in [0.717, 1.165) is 45.3 Å². The van der Waals surface area contributed by atoms with Gasteiger partial charge in [-0.2, -0.15) is 0 Å². The predicted octanol–water partition coefficient (Wildman–Crippen LogP) is 2.12. The smallest absolute Gasteiger partial charge is 0.190 e. The van der Waals surface area contributed by atoms with Crippen LogP contribution in [0.15, 0.2) is 23.2 Å². The Morgan fingerprint density at radius 3 is 2.68 bits per heavy atom. The number of nitrogens with one attached hydrogen (secondary N) is 2. The van der Waals surface area contributed by atoms with Crippen molar-refractivity contribution in [1.29, 1.82) is 0 Å². The second-order valence-electron chi connectivity index (χ2n) is 6.11. The van der Waals surface area contributed by atoms with Crippen LogP contribution in [0.4, 0.5) is 8.78 Å². The first-order chi connectivity index (χ1) is 12.2. The van der Waals surface area contributed by atoms with E-state index in [0.29, 0.717) is 37.0 Å². The number of hydrogen-bond donors (Lipinski definition) is 2. The van der Waals surface area contributed by atoms with Crippen molar-refractivity contribution in [3.05, 3.63) is 35.4 Å². The first-order valence-corrected chi connectivity index (χ1v) is 8.72. The number of rotatable bonds is 9. The number of nitrogens with zero attached hydrogens (tertiary/aromatic N) is 1. The van der Waals surface area contributed by atoms with Crippen LogP contribution >= 0.6 is 0 Å². The molecule has 1 unspecified atom stereocenters. The Morgan fingerprint density at radius 1 is 1.24 bits per heavy atom. The summed E-state index contributed by atoms with van der Waals surface area (Å²) in [5, 5.41) is 6.32. The maximum Gasteiger partial charge on any atom is 0.190 e. The van der Waals surface area contributed by atoms with Gasteiger partial charge in [-0.3, -0.25) is 4.99 Å². The van der Waals surface area contributed by atoms with Crippen LogP contribution in [0, 0.1) is 17.6 Å². The maximum absolute atomic E-state index is 13.1. The van der Waals surface area contributed by atoms with Crippen molar-refractivity contribution in [1.82, 2.24) is 10.6 Å². The molecule has 1 aromatic carbocycles. The third kappa shape index (κ3) is 7.79. The second-order valence-corrected chi connectivity index (χ2v) is 6.11. The molecule has 0 spiro atoms. The minimum Gasteiger partial charge on any atom is -0.381 e. The van der Waals surface area contributed by atoms with Gasteiger partial charge in [-0.1, -0.05) is 0 Å². The van der Waals surface area contributed by atoms with Gasteiger partial charge >= 0.3 is 0 Å². The minimum atomic E-state index is -0.554. The summed E-state index contributed by atoms with van der Waals surface area (Å²) in [4.78, 5) is 4.12. The number of benzene rings is 1. The van der Waals surface area contributed by atoms with E-state index in [4.69, 9.17) is 9.47 Å². The molecule has 0 aliphatic carbocycles. The first-order valence-electron chi connectivity index (χ1n) is 8.72. The zero-order valence-corrected chi connectivity index (χ0v) is 14.7. The number of aliphatic imine (C=N–C) groups is 1. The van der Waals surface area contributed by atoms with Gasteiger partial charge in [-0.25, -0.2) is 8.78 Å². The van der Waals surface area contributed by atoms with Gasteiger partial charge < -0.3 is 20.1 Å². The van der Waals surface area contributed by atoms with Crippen molar-refractivity contribution >= 4 is 5.96 Å². The molecule has 1 atom stereocenters. The molecule has 0 aromatic heterocycles. The Balaban J connectivity index is 1.54. The highest BCUT2D eigenvalue weighted by Crippen LogP contribution is 2.12. The summed E-state index contributed by atoms with van der Waals surface area (Å²) in [7, 11) is 1.69. The molecule has 0 amide bonds. The first kappa shape index (κ1) is 19.6. The molecule has 0 radical (unpaired) electrons. The second kappa shape index (κ2) is 11.0. The van der Waals surface area contributed by atoms with Crippen molar-refractivity contribution in [3.8, 4) is 0 Å². The highest BCUT2D eigenvalue weighted by Gasteiger charge is 2.15. The average Bonchev–Trinajstić information content (AvgIpc) is 3.08. The fraction of sp³-hybridized carbons (Fsp3) is 0.611. The van der Waals surface area contributed by atoms with Gasteiger partial charge in [0.2, 0.25) is 0 Å². The Kier molecular flexibility index (Phi) is 8.62. The van der Waals surface area contributed by atoms with Crippen LogP contribution in [0.2, 0.25) is 0 Å². The molecule has 7 heteroatoms.